The quantitative estimate of drug-likeness (QED) is 0.451. The van der Waals surface area contributed by atoms with Crippen molar-refractivity contribution >= 4 is 11.9 Å². The molecule has 0 rings (SSSR count). The van der Waals surface area contributed by atoms with E-state index in [1.807, 2.05) is 0 Å². The summed E-state index contributed by atoms with van der Waals surface area (Å²) in [6, 6.07) is 0. The van der Waals surface area contributed by atoms with Gasteiger partial charge in [0.15, 0.2) is 0 Å². The number of hydrogen-bond acceptors (Lipinski definition) is 2. The van der Waals surface area contributed by atoms with Crippen LogP contribution in [0, 0.1) is 0 Å². The molecule has 4 nitrogen and oxygen atoms in total. The molecule has 0 aliphatic carbocycles. The van der Waals surface area contributed by atoms with Gasteiger partial charge in [0.2, 0.25) is 0 Å². The minimum atomic E-state index is -1.26. The number of aliphatic carboxylic acids is 2. The van der Waals surface area contributed by atoms with Gasteiger partial charge in [-0.05, 0) is 0 Å². The Morgan fingerprint density at radius 2 is 1.22 bits per heavy atom. The third-order valence-corrected chi connectivity index (χ3v) is 0.368. The van der Waals surface area contributed by atoms with Crippen LogP contribution < -0.4 is 0 Å². The zero-order valence-corrected chi connectivity index (χ0v) is 5.11. The summed E-state index contributed by atoms with van der Waals surface area (Å²) in [7, 11) is 0. The molecule has 0 aromatic rings. The van der Waals surface area contributed by atoms with Crippen molar-refractivity contribution < 1.29 is 36.9 Å². The first-order chi connectivity index (χ1) is 3.63. The van der Waals surface area contributed by atoms with Gasteiger partial charge in [-0.3, -0.25) is 0 Å². The second kappa shape index (κ2) is 5.34. The average Bonchev–Trinajstić information content (AvgIpc) is 1.61. The molecule has 2 N–H and O–H groups in total. The average molecular weight is 180 g/mol. The summed E-state index contributed by atoms with van der Waals surface area (Å²) in [5, 5.41) is 15.6. The zero-order valence-electron chi connectivity index (χ0n) is 4.17. The van der Waals surface area contributed by atoms with Crippen LogP contribution in [-0.2, 0) is 26.7 Å². The van der Waals surface area contributed by atoms with Crippen LogP contribution in [-0.4, -0.2) is 22.2 Å². The van der Waals surface area contributed by atoms with Gasteiger partial charge < -0.3 is 10.2 Å². The topological polar surface area (TPSA) is 74.6 Å². The summed E-state index contributed by atoms with van der Waals surface area (Å²) >= 11 is 0. The summed E-state index contributed by atoms with van der Waals surface area (Å²) in [5.41, 5.74) is 0. The monoisotopic (exact) mass is 179 g/mol. The van der Waals surface area contributed by atoms with E-state index in [9.17, 15) is 9.59 Å². The predicted molar refractivity (Wildman–Crippen MR) is 24.4 cm³/mol. The summed E-state index contributed by atoms with van der Waals surface area (Å²) in [4.78, 5) is 19.1. The minimum Gasteiger partial charge on any atom is -0.478 e. The Hall–Kier alpha value is -0.801. The number of rotatable bonds is 2. The van der Waals surface area contributed by atoms with E-state index >= 15 is 0 Å². The number of carboxylic acids is 2. The van der Waals surface area contributed by atoms with Gasteiger partial charge in [0.05, 0.1) is 0 Å². The van der Waals surface area contributed by atoms with E-state index in [0.717, 1.165) is 0 Å². The third kappa shape index (κ3) is 11.0. The second-order valence-corrected chi connectivity index (χ2v) is 1.01. The van der Waals surface area contributed by atoms with Gasteiger partial charge in [0, 0.05) is 29.2 Å². The van der Waals surface area contributed by atoms with Crippen molar-refractivity contribution in [3.8, 4) is 0 Å². The SMILES string of the molecule is O=C(O)/C=C\C(=O)O.[Cu]. The second-order valence-electron chi connectivity index (χ2n) is 1.01. The molecule has 0 unspecified atom stereocenters. The largest absolute Gasteiger partial charge is 0.478 e. The molecule has 0 atom stereocenters. The smallest absolute Gasteiger partial charge is 0.328 e. The molecule has 0 aromatic carbocycles. The Bertz CT molecular complexity index is 124. The maximum atomic E-state index is 9.55. The number of carboxylic acid groups (broad SMARTS) is 2. The predicted octanol–water partition coefficient (Wildman–Crippen LogP) is -0.291. The van der Waals surface area contributed by atoms with E-state index < -0.39 is 11.9 Å². The maximum absolute atomic E-state index is 9.55. The van der Waals surface area contributed by atoms with E-state index in [0.29, 0.717) is 12.2 Å². The van der Waals surface area contributed by atoms with E-state index in [4.69, 9.17) is 10.2 Å². The van der Waals surface area contributed by atoms with Crippen molar-refractivity contribution in [1.82, 2.24) is 0 Å². The Kier molecular flexibility index (Phi) is 6.56. The van der Waals surface area contributed by atoms with Crippen molar-refractivity contribution in [3.05, 3.63) is 12.2 Å². The first kappa shape index (κ1) is 11.1. The zero-order chi connectivity index (χ0) is 6.57. The fourth-order valence-corrected chi connectivity index (χ4v) is 0.143. The molecule has 0 heterocycles. The van der Waals surface area contributed by atoms with Gasteiger partial charge in [0.1, 0.15) is 0 Å². The van der Waals surface area contributed by atoms with Gasteiger partial charge in [-0.2, -0.15) is 0 Å². The van der Waals surface area contributed by atoms with Crippen molar-refractivity contribution in [3.63, 3.8) is 0 Å². The van der Waals surface area contributed by atoms with Crippen molar-refractivity contribution in [2.75, 3.05) is 0 Å². The molecular weight excluding hydrogens is 176 g/mol. The maximum Gasteiger partial charge on any atom is 0.328 e. The van der Waals surface area contributed by atoms with Crippen LogP contribution in [0.25, 0.3) is 0 Å². The molecule has 0 aromatic heterocycles. The molecule has 0 bridgehead atoms. The molecule has 0 amide bonds. The van der Waals surface area contributed by atoms with E-state index in [1.165, 1.54) is 0 Å². The molecule has 5 heteroatoms. The van der Waals surface area contributed by atoms with Crippen LogP contribution in [0.5, 0.6) is 0 Å². The molecule has 0 saturated carbocycles. The fourth-order valence-electron chi connectivity index (χ4n) is 0.143. The molecule has 9 heavy (non-hydrogen) atoms. The van der Waals surface area contributed by atoms with Crippen molar-refractivity contribution in [2.24, 2.45) is 0 Å². The molecule has 0 spiro atoms. The van der Waals surface area contributed by atoms with E-state index in [2.05, 4.69) is 0 Å². The van der Waals surface area contributed by atoms with Gasteiger partial charge in [0.25, 0.3) is 0 Å². The summed E-state index contributed by atoms with van der Waals surface area (Å²) < 4.78 is 0. The standard InChI is InChI=1S/C4H4O4.Cu/c5-3(6)1-2-4(7)8;/h1-2H,(H,5,6)(H,7,8);/b2-1-;. The van der Waals surface area contributed by atoms with Crippen LogP contribution in [0.1, 0.15) is 0 Å². The first-order valence-electron chi connectivity index (χ1n) is 1.77. The van der Waals surface area contributed by atoms with E-state index in [-0.39, 0.29) is 17.1 Å². The Balaban J connectivity index is 0. The Morgan fingerprint density at radius 1 is 1.00 bits per heavy atom. The van der Waals surface area contributed by atoms with Crippen LogP contribution >= 0.6 is 0 Å². The normalized spacial score (nSPS) is 8.44. The molecule has 0 fully saturated rings. The molecule has 0 aliphatic heterocycles. The van der Waals surface area contributed by atoms with Gasteiger partial charge in [-0.15, -0.1) is 0 Å². The molecular formula is C4H4CuO4. The van der Waals surface area contributed by atoms with Gasteiger partial charge in [-0.25, -0.2) is 9.59 Å². The molecule has 55 valence electrons. The first-order valence-corrected chi connectivity index (χ1v) is 1.77. The van der Waals surface area contributed by atoms with Crippen molar-refractivity contribution in [2.45, 2.75) is 0 Å². The summed E-state index contributed by atoms with van der Waals surface area (Å²) in [6.45, 7) is 0. The Morgan fingerprint density at radius 3 is 1.33 bits per heavy atom. The van der Waals surface area contributed by atoms with Gasteiger partial charge >= 0.3 is 11.9 Å². The fraction of sp³-hybridized carbons (Fsp3) is 0. The molecule has 1 radical (unpaired) electrons. The Labute approximate surface area is 61.7 Å². The molecule has 0 aliphatic rings. The van der Waals surface area contributed by atoms with Crippen LogP contribution in [0.4, 0.5) is 0 Å². The van der Waals surface area contributed by atoms with Crippen LogP contribution in [0.2, 0.25) is 0 Å². The van der Waals surface area contributed by atoms with E-state index in [1.54, 1.807) is 0 Å². The van der Waals surface area contributed by atoms with Crippen molar-refractivity contribution in [1.29, 1.82) is 0 Å². The van der Waals surface area contributed by atoms with Crippen LogP contribution in [0.3, 0.4) is 0 Å². The number of hydrogen-bond donors (Lipinski definition) is 2. The van der Waals surface area contributed by atoms with Gasteiger partial charge in [-0.1, -0.05) is 0 Å². The summed E-state index contributed by atoms with van der Waals surface area (Å²) in [5.74, 6) is -2.51. The molecule has 0 saturated heterocycles. The number of carbonyl (C=O) groups is 2. The van der Waals surface area contributed by atoms with Crippen LogP contribution in [0.15, 0.2) is 12.2 Å². The summed E-state index contributed by atoms with van der Waals surface area (Å²) in [6.07, 6.45) is 1.12. The third-order valence-electron chi connectivity index (χ3n) is 0.368. The minimum absolute atomic E-state index is 0.